The molecule has 1 spiro atoms. The fourth-order valence-corrected chi connectivity index (χ4v) is 6.61. The van der Waals surface area contributed by atoms with Crippen LogP contribution in [-0.4, -0.2) is 94.2 Å². The Morgan fingerprint density at radius 1 is 1.10 bits per heavy atom. The Hall–Kier alpha value is -3.50. The Bertz CT molecular complexity index is 1230. The van der Waals surface area contributed by atoms with E-state index in [-0.39, 0.29) is 37.4 Å². The first kappa shape index (κ1) is 29.0. The zero-order valence-corrected chi connectivity index (χ0v) is 23.8. The molecule has 2 fully saturated rings. The maximum Gasteiger partial charge on any atom is 0.313 e. The zero-order chi connectivity index (χ0) is 29.3. The highest BCUT2D eigenvalue weighted by atomic mass is 16.6. The minimum Gasteiger partial charge on any atom is -0.460 e. The second-order valence-electron chi connectivity index (χ2n) is 11.6. The summed E-state index contributed by atoms with van der Waals surface area (Å²) in [6, 6.07) is 7.55. The maximum atomic E-state index is 14.5. The van der Waals surface area contributed by atoms with Gasteiger partial charge in [0.1, 0.15) is 23.7 Å². The number of aliphatic hydroxyl groups excluding tert-OH is 1. The van der Waals surface area contributed by atoms with Crippen LogP contribution in [0.5, 0.6) is 0 Å². The predicted octanol–water partition coefficient (Wildman–Crippen LogP) is 1.38. The number of esters is 1. The third-order valence-electron chi connectivity index (χ3n) is 8.54. The van der Waals surface area contributed by atoms with Crippen molar-refractivity contribution in [2.24, 2.45) is 11.8 Å². The van der Waals surface area contributed by atoms with Crippen LogP contribution in [0.3, 0.4) is 0 Å². The SMILES string of the molecule is CC(C)N1CC=C[C@@]23O[C@H]4/C=C\CCC(=O)NC[C@H](C)OC(=O)[C@H]4[C@@H]2C(=O)N([C@@H](CO)Cc2ccccc2)[C@H]3C1=O. The number of benzene rings is 1. The molecule has 5 rings (SSSR count). The van der Waals surface area contributed by atoms with Crippen LogP contribution in [0.1, 0.15) is 39.2 Å². The molecular formula is C31H39N3O7. The van der Waals surface area contributed by atoms with E-state index in [1.165, 1.54) is 4.90 Å². The Kier molecular flexibility index (Phi) is 8.33. The van der Waals surface area contributed by atoms with Gasteiger partial charge in [-0.25, -0.2) is 0 Å². The van der Waals surface area contributed by atoms with Crippen molar-refractivity contribution in [2.75, 3.05) is 19.7 Å². The summed E-state index contributed by atoms with van der Waals surface area (Å²) >= 11 is 0. The number of nitrogens with zero attached hydrogens (tertiary/aromatic N) is 2. The van der Waals surface area contributed by atoms with Crippen LogP contribution in [0.4, 0.5) is 0 Å². The molecule has 0 bridgehead atoms. The zero-order valence-electron chi connectivity index (χ0n) is 23.8. The van der Waals surface area contributed by atoms with E-state index in [9.17, 15) is 24.3 Å². The van der Waals surface area contributed by atoms with Crippen molar-refractivity contribution in [1.82, 2.24) is 15.1 Å². The van der Waals surface area contributed by atoms with Gasteiger partial charge < -0.3 is 29.7 Å². The molecule has 0 aliphatic carbocycles. The molecule has 10 heteroatoms. The number of carbonyl (C=O) groups is 4. The third kappa shape index (κ3) is 5.30. The molecule has 1 aromatic carbocycles. The Balaban J connectivity index is 1.60. The van der Waals surface area contributed by atoms with Crippen molar-refractivity contribution in [3.05, 3.63) is 60.2 Å². The number of hydrogen-bond donors (Lipinski definition) is 2. The van der Waals surface area contributed by atoms with Crippen molar-refractivity contribution in [2.45, 2.75) is 76.0 Å². The summed E-state index contributed by atoms with van der Waals surface area (Å²) < 4.78 is 12.4. The number of nitrogens with one attached hydrogen (secondary N) is 1. The summed E-state index contributed by atoms with van der Waals surface area (Å²) in [6.07, 6.45) is 6.67. The molecular weight excluding hydrogens is 526 g/mol. The van der Waals surface area contributed by atoms with Crippen LogP contribution in [-0.2, 0) is 35.1 Å². The summed E-state index contributed by atoms with van der Waals surface area (Å²) in [4.78, 5) is 57.8. The number of aliphatic hydroxyl groups is 1. The number of amides is 3. The third-order valence-corrected chi connectivity index (χ3v) is 8.54. The van der Waals surface area contributed by atoms with Crippen LogP contribution < -0.4 is 5.32 Å². The van der Waals surface area contributed by atoms with Gasteiger partial charge in [-0.05, 0) is 39.2 Å². The first-order valence-electron chi connectivity index (χ1n) is 14.4. The van der Waals surface area contributed by atoms with Crippen molar-refractivity contribution in [3.8, 4) is 0 Å². The van der Waals surface area contributed by atoms with E-state index < -0.39 is 53.6 Å². The average molecular weight is 566 g/mol. The lowest BCUT2D eigenvalue weighted by molar-refractivity contribution is -0.159. The minimum absolute atomic E-state index is 0.148. The van der Waals surface area contributed by atoms with Gasteiger partial charge in [-0.3, -0.25) is 19.2 Å². The number of rotatable bonds is 5. The lowest BCUT2D eigenvalue weighted by atomic mass is 9.78. The van der Waals surface area contributed by atoms with Crippen molar-refractivity contribution < 1.29 is 33.8 Å². The molecule has 220 valence electrons. The predicted molar refractivity (Wildman–Crippen MR) is 149 cm³/mol. The molecule has 0 radical (unpaired) electrons. The van der Waals surface area contributed by atoms with Gasteiger partial charge in [0.2, 0.25) is 17.7 Å². The van der Waals surface area contributed by atoms with Gasteiger partial charge in [0.25, 0.3) is 0 Å². The Morgan fingerprint density at radius 2 is 1.85 bits per heavy atom. The highest BCUT2D eigenvalue weighted by Crippen LogP contribution is 2.53. The molecule has 4 heterocycles. The van der Waals surface area contributed by atoms with Crippen LogP contribution in [0.2, 0.25) is 0 Å². The van der Waals surface area contributed by atoms with Crippen molar-refractivity contribution >= 4 is 23.7 Å². The molecule has 3 amide bonds. The van der Waals surface area contributed by atoms with Gasteiger partial charge in [-0.1, -0.05) is 54.6 Å². The van der Waals surface area contributed by atoms with E-state index in [0.717, 1.165) is 5.56 Å². The number of ether oxygens (including phenoxy) is 2. The summed E-state index contributed by atoms with van der Waals surface area (Å²) in [5.74, 6) is -3.51. The highest BCUT2D eigenvalue weighted by molar-refractivity contribution is 5.99. The molecule has 1 aromatic rings. The van der Waals surface area contributed by atoms with Gasteiger partial charge in [0.15, 0.2) is 0 Å². The maximum absolute atomic E-state index is 14.5. The lowest BCUT2D eigenvalue weighted by Gasteiger charge is -2.39. The average Bonchev–Trinajstić information content (AvgIpc) is 3.33. The summed E-state index contributed by atoms with van der Waals surface area (Å²) in [5, 5.41) is 13.3. The Labute approximate surface area is 240 Å². The van der Waals surface area contributed by atoms with Crippen LogP contribution in [0, 0.1) is 11.8 Å². The fourth-order valence-electron chi connectivity index (χ4n) is 6.61. The molecule has 10 nitrogen and oxygen atoms in total. The number of hydrogen-bond acceptors (Lipinski definition) is 7. The topological polar surface area (TPSA) is 125 Å². The van der Waals surface area contributed by atoms with E-state index in [4.69, 9.17) is 9.47 Å². The second kappa shape index (κ2) is 11.8. The molecule has 0 unspecified atom stereocenters. The first-order valence-corrected chi connectivity index (χ1v) is 14.4. The summed E-state index contributed by atoms with van der Waals surface area (Å²) in [7, 11) is 0. The smallest absolute Gasteiger partial charge is 0.313 e. The number of cyclic esters (lactones) is 1. The van der Waals surface area contributed by atoms with E-state index in [2.05, 4.69) is 5.32 Å². The number of fused-ring (bicyclic) bond motifs is 2. The van der Waals surface area contributed by atoms with Crippen LogP contribution in [0.25, 0.3) is 0 Å². The normalized spacial score (nSPS) is 33.6. The van der Waals surface area contributed by atoms with Gasteiger partial charge >= 0.3 is 5.97 Å². The number of likely N-dealkylation sites (tertiary alicyclic amines) is 1. The second-order valence-corrected chi connectivity index (χ2v) is 11.6. The van der Waals surface area contributed by atoms with E-state index in [1.54, 1.807) is 30.1 Å². The largest absolute Gasteiger partial charge is 0.460 e. The molecule has 4 aliphatic rings. The standard InChI is InChI=1S/C31H39N3O7/c1-19(2)33-15-9-14-31-26(25-23(41-31)12-7-8-13-24(36)32-17-20(3)40-30(25)39)28(37)34(27(31)29(33)38)22(18-35)16-21-10-5-4-6-11-21/h4-7,9-12,14,19-20,22-23,25-27,35H,8,13,15-18H2,1-3H3,(H,32,36)/b12-7-/t20-,22+,23-,25+,26+,27-,31+/m0/s1. The van der Waals surface area contributed by atoms with Crippen molar-refractivity contribution in [3.63, 3.8) is 0 Å². The monoisotopic (exact) mass is 565 g/mol. The number of allylic oxidation sites excluding steroid dienone is 1. The van der Waals surface area contributed by atoms with E-state index in [0.29, 0.717) is 19.4 Å². The Morgan fingerprint density at radius 3 is 2.56 bits per heavy atom. The van der Waals surface area contributed by atoms with E-state index >= 15 is 0 Å². The quantitative estimate of drug-likeness (QED) is 0.408. The van der Waals surface area contributed by atoms with E-state index in [1.807, 2.05) is 50.3 Å². The van der Waals surface area contributed by atoms with Gasteiger partial charge in [-0.2, -0.15) is 0 Å². The lowest BCUT2D eigenvalue weighted by Crippen LogP contribution is -2.59. The van der Waals surface area contributed by atoms with Crippen LogP contribution in [0.15, 0.2) is 54.6 Å². The summed E-state index contributed by atoms with van der Waals surface area (Å²) in [6.45, 7) is 5.62. The minimum atomic E-state index is -1.43. The molecule has 2 saturated heterocycles. The first-order chi connectivity index (χ1) is 19.7. The van der Waals surface area contributed by atoms with Crippen molar-refractivity contribution in [1.29, 1.82) is 0 Å². The van der Waals surface area contributed by atoms with Gasteiger partial charge in [0.05, 0.1) is 31.2 Å². The van der Waals surface area contributed by atoms with Crippen LogP contribution >= 0.6 is 0 Å². The highest BCUT2D eigenvalue weighted by Gasteiger charge is 2.72. The molecule has 0 saturated carbocycles. The van der Waals surface area contributed by atoms with Gasteiger partial charge in [-0.15, -0.1) is 0 Å². The molecule has 4 aliphatic heterocycles. The summed E-state index contributed by atoms with van der Waals surface area (Å²) in [5.41, 5.74) is -0.524. The fraction of sp³-hybridized carbons (Fsp3) is 0.548. The number of carbonyl (C=O) groups excluding carboxylic acids is 4. The molecule has 41 heavy (non-hydrogen) atoms. The molecule has 2 N–H and O–H groups in total. The van der Waals surface area contributed by atoms with Gasteiger partial charge in [0, 0.05) is 19.0 Å². The molecule has 7 atom stereocenters. The molecule has 0 aromatic heterocycles.